The van der Waals surface area contributed by atoms with E-state index in [0.717, 1.165) is 0 Å². The molecular formula is CF3NaO3S. The van der Waals surface area contributed by atoms with Gasteiger partial charge in [-0.15, -0.1) is 0 Å². The quantitative estimate of drug-likeness (QED) is 0.223. The molecule has 0 aromatic heterocycles. The third-order valence-electron chi connectivity index (χ3n) is 0.283. The topological polar surface area (TPSA) is 57.2 Å². The monoisotopic (exact) mass is 172 g/mol. The molecule has 0 aromatic carbocycles. The Balaban J connectivity index is 0. The van der Waals surface area contributed by atoms with Gasteiger partial charge in [-0.2, -0.15) is 13.2 Å². The molecule has 50 valence electrons. The van der Waals surface area contributed by atoms with Gasteiger partial charge in [-0.25, -0.2) is 8.42 Å². The maximum Gasteiger partial charge on any atom is 1.00 e. The Labute approximate surface area is 71.3 Å². The Morgan fingerprint density at radius 1 is 1.22 bits per heavy atom. The minimum atomic E-state index is -6.09. The molecule has 0 saturated carbocycles. The number of hydrogen-bond acceptors (Lipinski definition) is 3. The van der Waals surface area contributed by atoms with Crippen LogP contribution in [0, 0.1) is 0 Å². The van der Waals surface area contributed by atoms with Crippen molar-refractivity contribution >= 4 is 10.1 Å². The van der Waals surface area contributed by atoms with Crippen LogP contribution in [0.15, 0.2) is 0 Å². The van der Waals surface area contributed by atoms with Crippen LogP contribution in [0.3, 0.4) is 0 Å². The first kappa shape index (κ1) is 12.4. The normalized spacial score (nSPS) is 12.4. The number of halogens is 3. The van der Waals surface area contributed by atoms with Gasteiger partial charge in [0.05, 0.1) is 0 Å². The first-order valence-corrected chi connectivity index (χ1v) is 2.68. The zero-order valence-electron chi connectivity index (χ0n) is 4.27. The van der Waals surface area contributed by atoms with E-state index < -0.39 is 15.6 Å². The molecule has 0 radical (unpaired) electrons. The van der Waals surface area contributed by atoms with E-state index in [1.807, 2.05) is 0 Å². The van der Waals surface area contributed by atoms with Crippen LogP contribution in [0.5, 0.6) is 0 Å². The van der Waals surface area contributed by atoms with Gasteiger partial charge < -0.3 is 4.55 Å². The van der Waals surface area contributed by atoms with E-state index in [0.29, 0.717) is 0 Å². The summed E-state index contributed by atoms with van der Waals surface area (Å²) >= 11 is 0. The van der Waals surface area contributed by atoms with Crippen LogP contribution in [-0.4, -0.2) is 18.5 Å². The Hall–Kier alpha value is 0.700. The van der Waals surface area contributed by atoms with Gasteiger partial charge >= 0.3 is 35.1 Å². The molecule has 0 N–H and O–H groups in total. The molecule has 0 fully saturated rings. The van der Waals surface area contributed by atoms with Crippen LogP contribution < -0.4 is 29.6 Å². The van der Waals surface area contributed by atoms with Gasteiger partial charge in [0.25, 0.3) is 0 Å². The average molecular weight is 172 g/mol. The molecule has 0 aliphatic carbocycles. The number of rotatable bonds is 0. The van der Waals surface area contributed by atoms with E-state index in [-0.39, 0.29) is 29.6 Å². The summed E-state index contributed by atoms with van der Waals surface area (Å²) in [5.41, 5.74) is -5.65. The average Bonchev–Trinajstić information content (AvgIpc) is 1.25. The van der Waals surface area contributed by atoms with E-state index in [1.54, 1.807) is 0 Å². The van der Waals surface area contributed by atoms with Crippen molar-refractivity contribution in [2.75, 3.05) is 0 Å². The van der Waals surface area contributed by atoms with Crippen LogP contribution in [0.25, 0.3) is 0 Å². The van der Waals surface area contributed by atoms with E-state index in [2.05, 4.69) is 0 Å². The number of hydrogen-bond donors (Lipinski definition) is 0. The molecule has 8 heteroatoms. The third kappa shape index (κ3) is 4.15. The Kier molecular flexibility index (Phi) is 4.40. The Bertz CT molecular complexity index is 168. The van der Waals surface area contributed by atoms with Crippen LogP contribution in [-0.2, 0) is 10.1 Å². The Morgan fingerprint density at radius 3 is 1.33 bits per heavy atom. The van der Waals surface area contributed by atoms with E-state index >= 15 is 0 Å². The van der Waals surface area contributed by atoms with Gasteiger partial charge in [-0.05, 0) is 0 Å². The second-order valence-corrected chi connectivity index (χ2v) is 2.27. The fraction of sp³-hybridized carbons (Fsp3) is 1.00. The van der Waals surface area contributed by atoms with Crippen molar-refractivity contribution in [1.29, 1.82) is 0 Å². The van der Waals surface area contributed by atoms with Crippen molar-refractivity contribution in [1.82, 2.24) is 0 Å². The summed E-state index contributed by atoms with van der Waals surface area (Å²) in [4.78, 5) is 0. The molecule has 0 bridgehead atoms. The maximum absolute atomic E-state index is 10.7. The summed E-state index contributed by atoms with van der Waals surface area (Å²) in [6, 6.07) is 0. The number of alkyl halides is 3. The van der Waals surface area contributed by atoms with Gasteiger partial charge in [0.1, 0.15) is 0 Å². The molecule has 0 aromatic rings. The van der Waals surface area contributed by atoms with Gasteiger partial charge in [-0.1, -0.05) is 0 Å². The minimum Gasteiger partial charge on any atom is -0.741 e. The van der Waals surface area contributed by atoms with Gasteiger partial charge in [0.2, 0.25) is 0 Å². The first-order chi connectivity index (χ1) is 3.25. The molecule has 0 atom stereocenters. The standard InChI is InChI=1S/CHF3O3S.Na/c2-1(3,4)8(5,6)7;/h(H,5,6,7);/q;+1/p-1. The fourth-order valence-electron chi connectivity index (χ4n) is 0. The van der Waals surface area contributed by atoms with E-state index in [1.165, 1.54) is 0 Å². The summed E-state index contributed by atoms with van der Waals surface area (Å²) < 4.78 is 58.9. The molecule has 0 unspecified atom stereocenters. The molecule has 0 aliphatic rings. The van der Waals surface area contributed by atoms with Crippen molar-refractivity contribution in [3.63, 3.8) is 0 Å². The van der Waals surface area contributed by atoms with Gasteiger partial charge in [0, 0.05) is 0 Å². The summed E-state index contributed by atoms with van der Waals surface area (Å²) in [5, 5.41) is 0. The van der Waals surface area contributed by atoms with Crippen molar-refractivity contribution < 1.29 is 55.7 Å². The molecule has 0 amide bonds. The fourth-order valence-corrected chi connectivity index (χ4v) is 0. The molecule has 9 heavy (non-hydrogen) atoms. The molecule has 0 rings (SSSR count). The summed E-state index contributed by atoms with van der Waals surface area (Å²) in [6.45, 7) is 0. The van der Waals surface area contributed by atoms with Crippen LogP contribution in [0.2, 0.25) is 0 Å². The summed E-state index contributed by atoms with van der Waals surface area (Å²) in [5.74, 6) is 0. The predicted molar refractivity (Wildman–Crippen MR) is 15.8 cm³/mol. The third-order valence-corrected chi connectivity index (χ3v) is 0.850. The molecule has 0 spiro atoms. The van der Waals surface area contributed by atoms with Crippen molar-refractivity contribution in [2.45, 2.75) is 5.51 Å². The van der Waals surface area contributed by atoms with Crippen molar-refractivity contribution in [2.24, 2.45) is 0 Å². The smallest absolute Gasteiger partial charge is 0.741 e. The molecule has 0 aliphatic heterocycles. The second-order valence-electron chi connectivity index (χ2n) is 0.900. The van der Waals surface area contributed by atoms with E-state index in [4.69, 9.17) is 13.0 Å². The van der Waals surface area contributed by atoms with Crippen molar-refractivity contribution in [3.05, 3.63) is 0 Å². The zero-order chi connectivity index (χ0) is 7.00. The predicted octanol–water partition coefficient (Wildman–Crippen LogP) is -2.94. The molecular weight excluding hydrogens is 172 g/mol. The zero-order valence-corrected chi connectivity index (χ0v) is 7.08. The SMILES string of the molecule is O=S(=O)([O-])C(F)(F)F.[Na+]. The molecule has 0 saturated heterocycles. The molecule has 0 heterocycles. The van der Waals surface area contributed by atoms with Crippen LogP contribution >= 0.6 is 0 Å². The minimum absolute atomic E-state index is 0. The first-order valence-electron chi connectivity index (χ1n) is 1.27. The van der Waals surface area contributed by atoms with Crippen LogP contribution in [0.1, 0.15) is 0 Å². The van der Waals surface area contributed by atoms with Gasteiger partial charge in [0.15, 0.2) is 10.1 Å². The van der Waals surface area contributed by atoms with Crippen molar-refractivity contribution in [3.8, 4) is 0 Å². The largest absolute Gasteiger partial charge is 1.00 e. The van der Waals surface area contributed by atoms with Gasteiger partial charge in [-0.3, -0.25) is 0 Å². The maximum atomic E-state index is 10.7. The summed E-state index contributed by atoms with van der Waals surface area (Å²) in [6.07, 6.45) is 0. The molecule has 3 nitrogen and oxygen atoms in total. The Morgan fingerprint density at radius 2 is 1.33 bits per heavy atom. The van der Waals surface area contributed by atoms with E-state index in [9.17, 15) is 13.2 Å². The van der Waals surface area contributed by atoms with Crippen LogP contribution in [0.4, 0.5) is 13.2 Å². The second kappa shape index (κ2) is 3.20. The summed E-state index contributed by atoms with van der Waals surface area (Å²) in [7, 11) is -6.09.